The Kier molecular flexibility index (Phi) is 6.60. The summed E-state index contributed by atoms with van der Waals surface area (Å²) in [4.78, 5) is 30.2. The summed E-state index contributed by atoms with van der Waals surface area (Å²) in [7, 11) is 1.57. The van der Waals surface area contributed by atoms with E-state index in [0.717, 1.165) is 10.9 Å². The normalized spacial score (nSPS) is 10.8. The zero-order valence-corrected chi connectivity index (χ0v) is 18.5. The van der Waals surface area contributed by atoms with Gasteiger partial charge in [-0.2, -0.15) is 0 Å². The van der Waals surface area contributed by atoms with Gasteiger partial charge < -0.3 is 19.9 Å². The maximum absolute atomic E-state index is 13.2. The number of fused-ring (bicyclic) bond motifs is 1. The topological polar surface area (TPSA) is 74.4 Å². The number of pyridine rings is 1. The second-order valence-corrected chi connectivity index (χ2v) is 7.87. The number of aromatic nitrogens is 1. The molecule has 4 aromatic rings. The molecule has 0 fully saturated rings. The number of carbonyl (C=O) groups is 1. The number of H-pyrrole nitrogens is 1. The fourth-order valence-corrected chi connectivity index (χ4v) is 3.64. The zero-order valence-electron chi connectivity index (χ0n) is 17.8. The molecule has 1 aromatic heterocycles. The number of ether oxygens (including phenoxy) is 1. The summed E-state index contributed by atoms with van der Waals surface area (Å²) in [5.74, 6) is 0.251. The van der Waals surface area contributed by atoms with Gasteiger partial charge in [0.25, 0.3) is 5.56 Å². The van der Waals surface area contributed by atoms with Crippen molar-refractivity contribution >= 4 is 34.2 Å². The highest BCUT2D eigenvalue weighted by Crippen LogP contribution is 2.22. The lowest BCUT2D eigenvalue weighted by Crippen LogP contribution is -2.35. The summed E-state index contributed by atoms with van der Waals surface area (Å²) >= 11 is 6.31. The first-order valence-corrected chi connectivity index (χ1v) is 10.6. The van der Waals surface area contributed by atoms with E-state index in [2.05, 4.69) is 10.3 Å². The van der Waals surface area contributed by atoms with Gasteiger partial charge in [0.1, 0.15) is 11.6 Å². The maximum atomic E-state index is 13.2. The number of nitrogens with zero attached hydrogens (tertiary/aromatic N) is 1. The molecule has 0 saturated carbocycles. The van der Waals surface area contributed by atoms with Crippen LogP contribution in [0.15, 0.2) is 77.6 Å². The molecule has 0 spiro atoms. The van der Waals surface area contributed by atoms with Crippen LogP contribution >= 0.6 is 11.6 Å². The molecule has 4 rings (SSSR count). The number of methoxy groups -OCH3 is 1. The number of hydrogen-bond acceptors (Lipinski definition) is 3. The second kappa shape index (κ2) is 9.75. The third-order valence-electron chi connectivity index (χ3n) is 5.19. The average molecular weight is 466 g/mol. The fraction of sp³-hybridized carbons (Fsp3) is 0.120. The highest BCUT2D eigenvalue weighted by atomic mass is 35.5. The molecular weight excluding hydrogens is 445 g/mol. The average Bonchev–Trinajstić information content (AvgIpc) is 2.81. The first-order chi connectivity index (χ1) is 15.9. The third-order valence-corrected chi connectivity index (χ3v) is 5.56. The van der Waals surface area contributed by atoms with E-state index in [4.69, 9.17) is 16.3 Å². The standard InChI is InChI=1S/C25H21ClFN3O3/c1-33-21-10-11-23-17(13-21)12-18(24(31)29-23)15-30(14-16-4-2-3-5-22(16)26)25(32)28-20-8-6-19(27)7-9-20/h2-13H,14-15H2,1H3,(H,28,32)(H,29,31). The van der Waals surface area contributed by atoms with Gasteiger partial charge in [-0.05, 0) is 60.2 Å². The number of carbonyl (C=O) groups excluding carboxylic acids is 1. The molecule has 3 aromatic carbocycles. The van der Waals surface area contributed by atoms with Crippen LogP contribution in [0.3, 0.4) is 0 Å². The second-order valence-electron chi connectivity index (χ2n) is 7.46. The van der Waals surface area contributed by atoms with Gasteiger partial charge in [0.2, 0.25) is 0 Å². The van der Waals surface area contributed by atoms with Crippen molar-refractivity contribution < 1.29 is 13.9 Å². The van der Waals surface area contributed by atoms with Gasteiger partial charge >= 0.3 is 6.03 Å². The van der Waals surface area contributed by atoms with Crippen LogP contribution < -0.4 is 15.6 Å². The fourth-order valence-electron chi connectivity index (χ4n) is 3.45. The lowest BCUT2D eigenvalue weighted by Gasteiger charge is -2.24. The van der Waals surface area contributed by atoms with Gasteiger partial charge in [-0.25, -0.2) is 9.18 Å². The van der Waals surface area contributed by atoms with Crippen LogP contribution in [-0.4, -0.2) is 23.0 Å². The Labute approximate surface area is 194 Å². The van der Waals surface area contributed by atoms with E-state index in [1.807, 2.05) is 18.2 Å². The summed E-state index contributed by atoms with van der Waals surface area (Å²) in [6.45, 7) is 0.197. The lowest BCUT2D eigenvalue weighted by atomic mass is 10.1. The van der Waals surface area contributed by atoms with Crippen LogP contribution in [0.1, 0.15) is 11.1 Å². The molecule has 1 heterocycles. The van der Waals surface area contributed by atoms with E-state index < -0.39 is 11.8 Å². The third kappa shape index (κ3) is 5.32. The summed E-state index contributed by atoms with van der Waals surface area (Å²) in [6.07, 6.45) is 0. The molecule has 0 unspecified atom stereocenters. The minimum atomic E-state index is -0.452. The Bertz CT molecular complexity index is 1360. The first-order valence-electron chi connectivity index (χ1n) is 10.2. The highest BCUT2D eigenvalue weighted by molar-refractivity contribution is 6.31. The van der Waals surface area contributed by atoms with E-state index in [0.29, 0.717) is 27.5 Å². The highest BCUT2D eigenvalue weighted by Gasteiger charge is 2.18. The van der Waals surface area contributed by atoms with Gasteiger partial charge in [0, 0.05) is 33.7 Å². The number of amides is 2. The Morgan fingerprint density at radius 1 is 1.03 bits per heavy atom. The van der Waals surface area contributed by atoms with E-state index in [-0.39, 0.29) is 18.6 Å². The van der Waals surface area contributed by atoms with Crippen molar-refractivity contribution in [3.63, 3.8) is 0 Å². The van der Waals surface area contributed by atoms with Gasteiger partial charge in [0.05, 0.1) is 13.7 Å². The Morgan fingerprint density at radius 2 is 1.76 bits per heavy atom. The monoisotopic (exact) mass is 465 g/mol. The molecule has 2 N–H and O–H groups in total. The van der Waals surface area contributed by atoms with Crippen molar-refractivity contribution in [2.45, 2.75) is 13.1 Å². The van der Waals surface area contributed by atoms with Crippen LogP contribution in [0.4, 0.5) is 14.9 Å². The van der Waals surface area contributed by atoms with Gasteiger partial charge in [-0.3, -0.25) is 4.79 Å². The summed E-state index contributed by atoms with van der Waals surface area (Å²) in [6, 6.07) is 19.3. The Morgan fingerprint density at radius 3 is 2.48 bits per heavy atom. The zero-order chi connectivity index (χ0) is 23.4. The van der Waals surface area contributed by atoms with Gasteiger partial charge in [-0.15, -0.1) is 0 Å². The molecule has 0 aliphatic carbocycles. The number of nitrogens with one attached hydrogen (secondary N) is 2. The number of benzene rings is 3. The number of anilines is 1. The van der Waals surface area contributed by atoms with E-state index in [1.165, 1.54) is 29.2 Å². The largest absolute Gasteiger partial charge is 0.497 e. The minimum absolute atomic E-state index is 0.0285. The number of urea groups is 1. The SMILES string of the molecule is COc1ccc2[nH]c(=O)c(CN(Cc3ccccc3Cl)C(=O)Nc3ccc(F)cc3)cc2c1. The quantitative estimate of drug-likeness (QED) is 0.391. The van der Waals surface area contributed by atoms with E-state index >= 15 is 0 Å². The van der Waals surface area contributed by atoms with Crippen LogP contribution in [0.2, 0.25) is 5.02 Å². The molecule has 0 aliphatic heterocycles. The lowest BCUT2D eigenvalue weighted by molar-refractivity contribution is 0.206. The Hall–Kier alpha value is -3.84. The van der Waals surface area contributed by atoms with Crippen molar-refractivity contribution in [2.24, 2.45) is 0 Å². The summed E-state index contributed by atoms with van der Waals surface area (Å²) in [5, 5.41) is 4.04. The molecule has 6 nitrogen and oxygen atoms in total. The molecule has 0 bridgehead atoms. The van der Waals surface area contributed by atoms with Crippen LogP contribution in [0.25, 0.3) is 10.9 Å². The Balaban J connectivity index is 1.67. The van der Waals surface area contributed by atoms with Crippen molar-refractivity contribution in [3.8, 4) is 5.75 Å². The molecular formula is C25H21ClFN3O3. The molecule has 168 valence electrons. The predicted molar refractivity (Wildman–Crippen MR) is 127 cm³/mol. The number of hydrogen-bond donors (Lipinski definition) is 2. The first kappa shape index (κ1) is 22.4. The predicted octanol–water partition coefficient (Wildman–Crippen LogP) is 5.56. The van der Waals surface area contributed by atoms with Crippen molar-refractivity contribution in [3.05, 3.63) is 105 Å². The number of halogens is 2. The van der Waals surface area contributed by atoms with Crippen LogP contribution in [-0.2, 0) is 13.1 Å². The number of aromatic amines is 1. The summed E-state index contributed by atoms with van der Waals surface area (Å²) < 4.78 is 18.5. The van der Waals surface area contributed by atoms with Crippen molar-refractivity contribution in [2.75, 3.05) is 12.4 Å². The van der Waals surface area contributed by atoms with Crippen LogP contribution in [0.5, 0.6) is 5.75 Å². The number of rotatable bonds is 6. The molecule has 0 radical (unpaired) electrons. The van der Waals surface area contributed by atoms with Gasteiger partial charge in [0.15, 0.2) is 0 Å². The van der Waals surface area contributed by atoms with Crippen molar-refractivity contribution in [1.29, 1.82) is 0 Å². The van der Waals surface area contributed by atoms with Crippen LogP contribution in [0, 0.1) is 5.82 Å². The molecule has 8 heteroatoms. The molecule has 0 saturated heterocycles. The molecule has 0 atom stereocenters. The van der Waals surface area contributed by atoms with E-state index in [1.54, 1.807) is 37.4 Å². The van der Waals surface area contributed by atoms with Gasteiger partial charge in [-0.1, -0.05) is 29.8 Å². The van der Waals surface area contributed by atoms with E-state index in [9.17, 15) is 14.0 Å². The smallest absolute Gasteiger partial charge is 0.322 e. The minimum Gasteiger partial charge on any atom is -0.497 e. The maximum Gasteiger partial charge on any atom is 0.322 e. The summed E-state index contributed by atoms with van der Waals surface area (Å²) in [5.41, 5.74) is 1.93. The molecule has 33 heavy (non-hydrogen) atoms. The molecule has 2 amide bonds. The molecule has 0 aliphatic rings. The van der Waals surface area contributed by atoms with Crippen molar-refractivity contribution in [1.82, 2.24) is 9.88 Å².